The zero-order valence-electron chi connectivity index (χ0n) is 24.3. The smallest absolute Gasteiger partial charge is 0.326 e. The lowest BCUT2D eigenvalue weighted by molar-refractivity contribution is -0.142. The van der Waals surface area contributed by atoms with Crippen LogP contribution in [0, 0.1) is 0 Å². The van der Waals surface area contributed by atoms with Crippen LogP contribution in [0.3, 0.4) is 0 Å². The summed E-state index contributed by atoms with van der Waals surface area (Å²) in [6.07, 6.45) is 3.73. The van der Waals surface area contributed by atoms with E-state index in [1.807, 2.05) is 60.7 Å². The number of benzene rings is 3. The highest BCUT2D eigenvalue weighted by Gasteiger charge is 2.32. The van der Waals surface area contributed by atoms with E-state index >= 15 is 0 Å². The number of rotatable bonds is 13. The van der Waals surface area contributed by atoms with E-state index in [-0.39, 0.29) is 31.2 Å². The van der Waals surface area contributed by atoms with Crippen LogP contribution >= 0.6 is 0 Å². The first-order valence-corrected chi connectivity index (χ1v) is 14.9. The number of carbonyl (C=O) groups excluding carboxylic acids is 3. The Morgan fingerprint density at radius 3 is 1.91 bits per heavy atom. The third kappa shape index (κ3) is 7.90. The molecule has 5 rings (SSSR count). The first-order chi connectivity index (χ1) is 21.4. The summed E-state index contributed by atoms with van der Waals surface area (Å²) in [6, 6.07) is 22.3. The van der Waals surface area contributed by atoms with Gasteiger partial charge in [0, 0.05) is 36.4 Å². The summed E-state index contributed by atoms with van der Waals surface area (Å²) in [4.78, 5) is 56.1. The van der Waals surface area contributed by atoms with Gasteiger partial charge in [-0.2, -0.15) is 0 Å². The highest BCUT2D eigenvalue weighted by molar-refractivity contribution is 5.95. The van der Waals surface area contributed by atoms with Crippen LogP contribution in [0.5, 0.6) is 0 Å². The summed E-state index contributed by atoms with van der Waals surface area (Å²) in [5.74, 6) is -2.62. The molecular formula is C34H37N5O5. The van der Waals surface area contributed by atoms with E-state index in [0.29, 0.717) is 6.42 Å². The number of aromatic nitrogens is 1. The van der Waals surface area contributed by atoms with Crippen LogP contribution < -0.4 is 21.3 Å². The molecule has 1 saturated heterocycles. The van der Waals surface area contributed by atoms with Crippen LogP contribution in [0.15, 0.2) is 91.1 Å². The molecule has 1 aliphatic heterocycles. The molecule has 0 bridgehead atoms. The molecule has 6 N–H and O–H groups in total. The lowest BCUT2D eigenvalue weighted by Gasteiger charge is -2.25. The van der Waals surface area contributed by atoms with Gasteiger partial charge in [0.05, 0.1) is 6.04 Å². The van der Waals surface area contributed by atoms with Gasteiger partial charge < -0.3 is 31.4 Å². The molecular weight excluding hydrogens is 558 g/mol. The monoisotopic (exact) mass is 595 g/mol. The van der Waals surface area contributed by atoms with E-state index in [1.54, 1.807) is 30.5 Å². The van der Waals surface area contributed by atoms with Crippen LogP contribution in [0.4, 0.5) is 0 Å². The van der Waals surface area contributed by atoms with E-state index in [0.717, 1.165) is 40.6 Å². The van der Waals surface area contributed by atoms with Gasteiger partial charge in [-0.15, -0.1) is 0 Å². The number of para-hydroxylation sites is 1. The van der Waals surface area contributed by atoms with Gasteiger partial charge in [-0.3, -0.25) is 14.4 Å². The number of aromatic amines is 1. The van der Waals surface area contributed by atoms with Crippen molar-refractivity contribution >= 4 is 34.6 Å². The standard InChI is InChI=1S/C34H37N5O5/c40-31(27-16-9-17-35-27)37-28(18-22-10-3-1-4-11-22)32(41)38-29(20-24-21-36-26-15-8-7-14-25(24)26)33(42)39-30(34(43)44)19-23-12-5-2-6-13-23/h1-8,10-15,21,27-30,35-36H,9,16-20H2,(H,37,40)(H,38,41)(H,39,42)(H,43,44)/t27-,28+,29+,30+/m1/s1. The Morgan fingerprint density at radius 1 is 0.727 bits per heavy atom. The number of carbonyl (C=O) groups is 4. The summed E-state index contributed by atoms with van der Waals surface area (Å²) in [7, 11) is 0. The fourth-order valence-electron chi connectivity index (χ4n) is 5.56. The van der Waals surface area contributed by atoms with Crippen LogP contribution in [-0.4, -0.2) is 64.5 Å². The third-order valence-corrected chi connectivity index (χ3v) is 7.92. The van der Waals surface area contributed by atoms with E-state index in [1.165, 1.54) is 0 Å². The molecule has 0 aliphatic carbocycles. The number of nitrogens with one attached hydrogen (secondary N) is 5. The summed E-state index contributed by atoms with van der Waals surface area (Å²) in [5.41, 5.74) is 3.26. The molecule has 1 aromatic heterocycles. The zero-order valence-corrected chi connectivity index (χ0v) is 24.3. The SMILES string of the molecule is O=C(O)[C@H](Cc1ccccc1)NC(=O)[C@H](Cc1c[nH]c2ccccc12)NC(=O)[C@H](Cc1ccccc1)NC(=O)[C@H]1CCCN1. The molecule has 4 aromatic rings. The van der Waals surface area contributed by atoms with Crippen LogP contribution in [0.25, 0.3) is 10.9 Å². The molecule has 2 heterocycles. The molecule has 1 fully saturated rings. The van der Waals surface area contributed by atoms with Crippen LogP contribution in [-0.2, 0) is 38.4 Å². The summed E-state index contributed by atoms with van der Waals surface area (Å²) >= 11 is 0. The summed E-state index contributed by atoms with van der Waals surface area (Å²) in [5, 5.41) is 22.4. The van der Waals surface area contributed by atoms with Crippen molar-refractivity contribution in [2.45, 2.75) is 56.3 Å². The Bertz CT molecular complexity index is 1580. The largest absolute Gasteiger partial charge is 0.480 e. The second-order valence-electron chi connectivity index (χ2n) is 11.1. The molecule has 10 nitrogen and oxygen atoms in total. The second kappa shape index (κ2) is 14.5. The molecule has 0 saturated carbocycles. The van der Waals surface area contributed by atoms with Crippen molar-refractivity contribution in [1.29, 1.82) is 0 Å². The third-order valence-electron chi connectivity index (χ3n) is 7.92. The van der Waals surface area contributed by atoms with Gasteiger partial charge in [0.15, 0.2) is 0 Å². The predicted octanol–water partition coefficient (Wildman–Crippen LogP) is 2.49. The summed E-state index contributed by atoms with van der Waals surface area (Å²) < 4.78 is 0. The van der Waals surface area contributed by atoms with E-state index < -0.39 is 35.9 Å². The van der Waals surface area contributed by atoms with Crippen molar-refractivity contribution in [2.24, 2.45) is 0 Å². The minimum atomic E-state index is -1.21. The van der Waals surface area contributed by atoms with E-state index in [9.17, 15) is 24.3 Å². The fourth-order valence-corrected chi connectivity index (χ4v) is 5.56. The van der Waals surface area contributed by atoms with Gasteiger partial charge >= 0.3 is 5.97 Å². The maximum atomic E-state index is 13.9. The van der Waals surface area contributed by atoms with Crippen molar-refractivity contribution in [3.63, 3.8) is 0 Å². The van der Waals surface area contributed by atoms with Crippen molar-refractivity contribution in [3.8, 4) is 0 Å². The second-order valence-corrected chi connectivity index (χ2v) is 11.1. The molecule has 10 heteroatoms. The highest BCUT2D eigenvalue weighted by Crippen LogP contribution is 2.20. The van der Waals surface area contributed by atoms with E-state index in [4.69, 9.17) is 0 Å². The zero-order chi connectivity index (χ0) is 30.9. The van der Waals surface area contributed by atoms with Crippen LogP contribution in [0.2, 0.25) is 0 Å². The lowest BCUT2D eigenvalue weighted by Crippen LogP contribution is -2.58. The average Bonchev–Trinajstić information content (AvgIpc) is 3.72. The Balaban J connectivity index is 1.39. The number of carboxylic acids is 1. The molecule has 0 unspecified atom stereocenters. The number of carboxylic acid groups (broad SMARTS) is 1. The molecule has 4 atom stereocenters. The number of H-pyrrole nitrogens is 1. The first kappa shape index (κ1) is 30.5. The van der Waals surface area contributed by atoms with Crippen molar-refractivity contribution in [3.05, 3.63) is 108 Å². The maximum absolute atomic E-state index is 13.9. The molecule has 0 radical (unpaired) electrons. The highest BCUT2D eigenvalue weighted by atomic mass is 16.4. The fraction of sp³-hybridized carbons (Fsp3) is 0.294. The van der Waals surface area contributed by atoms with Gasteiger partial charge in [0.2, 0.25) is 17.7 Å². The molecule has 0 spiro atoms. The van der Waals surface area contributed by atoms with E-state index in [2.05, 4.69) is 26.3 Å². The van der Waals surface area contributed by atoms with Gasteiger partial charge in [-0.25, -0.2) is 4.79 Å². The van der Waals surface area contributed by atoms with Crippen molar-refractivity contribution in [2.75, 3.05) is 6.54 Å². The van der Waals surface area contributed by atoms with Gasteiger partial charge in [-0.1, -0.05) is 78.9 Å². The number of amides is 3. The molecule has 3 aromatic carbocycles. The Morgan fingerprint density at radius 2 is 1.30 bits per heavy atom. The number of hydrogen-bond donors (Lipinski definition) is 6. The lowest BCUT2D eigenvalue weighted by atomic mass is 10.0. The summed E-state index contributed by atoms with van der Waals surface area (Å²) in [6.45, 7) is 0.730. The first-order valence-electron chi connectivity index (χ1n) is 14.9. The molecule has 228 valence electrons. The normalized spacial score (nSPS) is 16.5. The quantitative estimate of drug-likeness (QED) is 0.140. The molecule has 3 amide bonds. The Labute approximate surface area is 255 Å². The number of hydrogen-bond acceptors (Lipinski definition) is 5. The van der Waals surface area contributed by atoms with Gasteiger partial charge in [0.25, 0.3) is 0 Å². The Kier molecular flexibility index (Phi) is 10.0. The topological polar surface area (TPSA) is 152 Å². The number of fused-ring (bicyclic) bond motifs is 1. The van der Waals surface area contributed by atoms with Crippen molar-refractivity contribution < 1.29 is 24.3 Å². The Hall–Kier alpha value is -4.96. The van der Waals surface area contributed by atoms with Gasteiger partial charge in [0.1, 0.15) is 18.1 Å². The molecule has 1 aliphatic rings. The minimum absolute atomic E-state index is 0.0801. The molecule has 44 heavy (non-hydrogen) atoms. The van der Waals surface area contributed by atoms with Gasteiger partial charge in [-0.05, 0) is 42.1 Å². The average molecular weight is 596 g/mol. The number of aliphatic carboxylic acids is 1. The predicted molar refractivity (Wildman–Crippen MR) is 167 cm³/mol. The maximum Gasteiger partial charge on any atom is 0.326 e. The van der Waals surface area contributed by atoms with Crippen molar-refractivity contribution in [1.82, 2.24) is 26.3 Å². The minimum Gasteiger partial charge on any atom is -0.480 e. The van der Waals surface area contributed by atoms with Crippen LogP contribution in [0.1, 0.15) is 29.5 Å².